The lowest BCUT2D eigenvalue weighted by Gasteiger charge is -2.41. The first-order valence-electron chi connectivity index (χ1n) is 5.64. The Labute approximate surface area is 86.9 Å². The molecule has 2 unspecified atom stereocenters. The van der Waals surface area contributed by atoms with E-state index in [2.05, 4.69) is 17.1 Å². The summed E-state index contributed by atoms with van der Waals surface area (Å²) in [7, 11) is 1.95. The highest BCUT2D eigenvalue weighted by Gasteiger charge is 2.30. The van der Waals surface area contributed by atoms with Crippen molar-refractivity contribution in [3.05, 3.63) is 0 Å². The second-order valence-corrected chi connectivity index (χ2v) is 4.13. The minimum atomic E-state index is 0.233. The van der Waals surface area contributed by atoms with Crippen molar-refractivity contribution >= 4 is 5.91 Å². The summed E-state index contributed by atoms with van der Waals surface area (Å²) in [6.07, 6.45) is 4.67. The molecule has 0 aromatic rings. The number of rotatable bonds is 3. The molecule has 0 aromatic heterocycles. The van der Waals surface area contributed by atoms with Crippen molar-refractivity contribution in [1.82, 2.24) is 10.2 Å². The van der Waals surface area contributed by atoms with Crippen LogP contribution < -0.4 is 5.32 Å². The van der Waals surface area contributed by atoms with E-state index in [9.17, 15) is 4.79 Å². The minimum Gasteiger partial charge on any atom is -0.336 e. The van der Waals surface area contributed by atoms with Crippen LogP contribution in [-0.4, -0.2) is 36.5 Å². The summed E-state index contributed by atoms with van der Waals surface area (Å²) in [5.41, 5.74) is 0. The van der Waals surface area contributed by atoms with Crippen molar-refractivity contribution in [3.63, 3.8) is 0 Å². The van der Waals surface area contributed by atoms with E-state index in [0.717, 1.165) is 19.4 Å². The third-order valence-corrected chi connectivity index (χ3v) is 3.14. The zero-order valence-electron chi connectivity index (χ0n) is 9.55. The number of likely N-dealkylation sites (tertiary alicyclic amines) is 1. The van der Waals surface area contributed by atoms with E-state index in [4.69, 9.17) is 0 Å². The molecule has 1 fully saturated rings. The fraction of sp³-hybridized carbons (Fsp3) is 0.909. The Balaban J connectivity index is 2.67. The van der Waals surface area contributed by atoms with Crippen LogP contribution in [0.1, 0.15) is 39.5 Å². The first-order chi connectivity index (χ1) is 6.70. The van der Waals surface area contributed by atoms with E-state index in [0.29, 0.717) is 12.1 Å². The first kappa shape index (κ1) is 11.5. The topological polar surface area (TPSA) is 32.3 Å². The molecule has 0 spiro atoms. The van der Waals surface area contributed by atoms with Gasteiger partial charge in [-0.1, -0.05) is 6.92 Å². The van der Waals surface area contributed by atoms with Crippen LogP contribution in [0.25, 0.3) is 0 Å². The number of nitrogens with one attached hydrogen (secondary N) is 1. The number of carbonyl (C=O) groups excluding carboxylic acids is 1. The summed E-state index contributed by atoms with van der Waals surface area (Å²) in [4.78, 5) is 13.6. The average Bonchev–Trinajstić information content (AvgIpc) is 2.17. The molecule has 14 heavy (non-hydrogen) atoms. The Morgan fingerprint density at radius 1 is 1.43 bits per heavy atom. The van der Waals surface area contributed by atoms with Gasteiger partial charge in [-0.15, -0.1) is 0 Å². The summed E-state index contributed by atoms with van der Waals surface area (Å²) >= 11 is 0. The number of piperidine rings is 1. The van der Waals surface area contributed by atoms with Crippen LogP contribution >= 0.6 is 0 Å². The molecule has 1 amide bonds. The maximum absolute atomic E-state index is 11.6. The van der Waals surface area contributed by atoms with Gasteiger partial charge in [0.25, 0.3) is 0 Å². The zero-order chi connectivity index (χ0) is 10.6. The molecule has 3 heteroatoms. The third kappa shape index (κ3) is 2.47. The van der Waals surface area contributed by atoms with Crippen LogP contribution in [0.15, 0.2) is 0 Å². The molecule has 1 N–H and O–H groups in total. The lowest BCUT2D eigenvalue weighted by atomic mass is 9.94. The molecule has 1 heterocycles. The number of hydrogen-bond acceptors (Lipinski definition) is 2. The molecule has 1 aliphatic heterocycles. The number of likely N-dealkylation sites (N-methyl/N-ethyl adjacent to an activating group) is 1. The highest BCUT2D eigenvalue weighted by molar-refractivity contribution is 5.74. The van der Waals surface area contributed by atoms with Crippen molar-refractivity contribution in [3.8, 4) is 0 Å². The third-order valence-electron chi connectivity index (χ3n) is 3.14. The monoisotopic (exact) mass is 198 g/mol. The van der Waals surface area contributed by atoms with E-state index < -0.39 is 0 Å². The molecule has 1 rings (SSSR count). The quantitative estimate of drug-likeness (QED) is 0.743. The Kier molecular flexibility index (Phi) is 4.39. The molecule has 0 aliphatic carbocycles. The van der Waals surface area contributed by atoms with Crippen molar-refractivity contribution in [1.29, 1.82) is 0 Å². The van der Waals surface area contributed by atoms with Crippen LogP contribution in [0.2, 0.25) is 0 Å². The molecule has 1 aliphatic rings. The Morgan fingerprint density at radius 3 is 2.57 bits per heavy atom. The van der Waals surface area contributed by atoms with Crippen LogP contribution in [0.4, 0.5) is 0 Å². The second kappa shape index (κ2) is 5.35. The van der Waals surface area contributed by atoms with Crippen molar-refractivity contribution in [2.24, 2.45) is 0 Å². The lowest BCUT2D eigenvalue weighted by molar-refractivity contribution is -0.135. The Hall–Kier alpha value is -0.570. The van der Waals surface area contributed by atoms with Gasteiger partial charge in [0.05, 0.1) is 0 Å². The molecule has 82 valence electrons. The molecule has 2 atom stereocenters. The van der Waals surface area contributed by atoms with E-state index >= 15 is 0 Å². The minimum absolute atomic E-state index is 0.233. The summed E-state index contributed by atoms with van der Waals surface area (Å²) < 4.78 is 0. The zero-order valence-corrected chi connectivity index (χ0v) is 9.55. The standard InChI is InChI=1S/C11H22N2O/c1-4-10-6-5-7-11(8-12-3)13(10)9(2)14/h10-12H,4-8H2,1-3H3. The Morgan fingerprint density at radius 2 is 2.07 bits per heavy atom. The summed E-state index contributed by atoms with van der Waals surface area (Å²) in [5.74, 6) is 0.233. The van der Waals surface area contributed by atoms with Crippen LogP contribution in [0.5, 0.6) is 0 Å². The van der Waals surface area contributed by atoms with Gasteiger partial charge < -0.3 is 10.2 Å². The van der Waals surface area contributed by atoms with Gasteiger partial charge >= 0.3 is 0 Å². The predicted molar refractivity (Wildman–Crippen MR) is 58.2 cm³/mol. The fourth-order valence-electron chi connectivity index (χ4n) is 2.52. The van der Waals surface area contributed by atoms with E-state index in [1.54, 1.807) is 6.92 Å². The normalized spacial score (nSPS) is 27.8. The maximum Gasteiger partial charge on any atom is 0.219 e. The molecule has 0 bridgehead atoms. The largest absolute Gasteiger partial charge is 0.336 e. The molecule has 0 radical (unpaired) electrons. The maximum atomic E-state index is 11.6. The van der Waals surface area contributed by atoms with E-state index in [-0.39, 0.29) is 5.91 Å². The molecule has 1 saturated heterocycles. The molecule has 0 saturated carbocycles. The van der Waals surface area contributed by atoms with Crippen LogP contribution in [0, 0.1) is 0 Å². The van der Waals surface area contributed by atoms with Gasteiger partial charge in [-0.3, -0.25) is 4.79 Å². The lowest BCUT2D eigenvalue weighted by Crippen LogP contribution is -2.52. The van der Waals surface area contributed by atoms with Crippen LogP contribution in [0.3, 0.4) is 0 Å². The average molecular weight is 198 g/mol. The molecular weight excluding hydrogens is 176 g/mol. The summed E-state index contributed by atoms with van der Waals surface area (Å²) in [5, 5.41) is 3.17. The number of carbonyl (C=O) groups is 1. The first-order valence-corrected chi connectivity index (χ1v) is 5.64. The van der Waals surface area contributed by atoms with Gasteiger partial charge in [-0.25, -0.2) is 0 Å². The van der Waals surface area contributed by atoms with Gasteiger partial charge in [0, 0.05) is 25.6 Å². The highest BCUT2D eigenvalue weighted by Crippen LogP contribution is 2.24. The van der Waals surface area contributed by atoms with Crippen molar-refractivity contribution in [2.45, 2.75) is 51.6 Å². The molecule has 3 nitrogen and oxygen atoms in total. The van der Waals surface area contributed by atoms with Crippen LogP contribution in [-0.2, 0) is 4.79 Å². The Bertz CT molecular complexity index is 192. The van der Waals surface area contributed by atoms with E-state index in [1.807, 2.05) is 7.05 Å². The van der Waals surface area contributed by atoms with E-state index in [1.165, 1.54) is 12.8 Å². The second-order valence-electron chi connectivity index (χ2n) is 4.13. The smallest absolute Gasteiger partial charge is 0.219 e. The molecule has 0 aromatic carbocycles. The van der Waals surface area contributed by atoms with Gasteiger partial charge in [-0.05, 0) is 32.7 Å². The highest BCUT2D eigenvalue weighted by atomic mass is 16.2. The fourth-order valence-corrected chi connectivity index (χ4v) is 2.52. The number of hydrogen-bond donors (Lipinski definition) is 1. The van der Waals surface area contributed by atoms with Gasteiger partial charge in [0.2, 0.25) is 5.91 Å². The van der Waals surface area contributed by atoms with Crippen molar-refractivity contribution < 1.29 is 4.79 Å². The summed E-state index contributed by atoms with van der Waals surface area (Å²) in [6, 6.07) is 0.885. The van der Waals surface area contributed by atoms with Gasteiger partial charge in [0.15, 0.2) is 0 Å². The predicted octanol–water partition coefficient (Wildman–Crippen LogP) is 1.39. The van der Waals surface area contributed by atoms with Gasteiger partial charge in [0.1, 0.15) is 0 Å². The number of nitrogens with zero attached hydrogens (tertiary/aromatic N) is 1. The number of amides is 1. The summed E-state index contributed by atoms with van der Waals surface area (Å²) in [6.45, 7) is 4.79. The SMILES string of the molecule is CCC1CCCC(CNC)N1C(C)=O. The molecular formula is C11H22N2O. The van der Waals surface area contributed by atoms with Gasteiger partial charge in [-0.2, -0.15) is 0 Å². The van der Waals surface area contributed by atoms with Crippen molar-refractivity contribution in [2.75, 3.05) is 13.6 Å².